The van der Waals surface area contributed by atoms with Gasteiger partial charge in [0.2, 0.25) is 10.0 Å². The van der Waals surface area contributed by atoms with Crippen LogP contribution in [0.5, 0.6) is 0 Å². The molecule has 5 nitrogen and oxygen atoms in total. The summed E-state index contributed by atoms with van der Waals surface area (Å²) in [5.41, 5.74) is 7.00. The first-order chi connectivity index (χ1) is 9.20. The number of hydrogen-bond acceptors (Lipinski definition) is 4. The van der Waals surface area contributed by atoms with Crippen molar-refractivity contribution in [1.29, 1.82) is 0 Å². The van der Waals surface area contributed by atoms with Gasteiger partial charge in [-0.25, -0.2) is 13.6 Å². The third-order valence-electron chi connectivity index (χ3n) is 3.17. The third-order valence-corrected chi connectivity index (χ3v) is 4.08. The number of sulfonamides is 1. The molecule has 1 atom stereocenters. The Labute approximate surface area is 121 Å². The Morgan fingerprint density at radius 1 is 1.20 bits per heavy atom. The lowest BCUT2D eigenvalue weighted by Crippen LogP contribution is -2.17. The molecule has 6 heteroatoms. The van der Waals surface area contributed by atoms with E-state index in [1.54, 1.807) is 6.07 Å². The molecule has 1 rings (SSSR count). The minimum absolute atomic E-state index is 0.0352. The van der Waals surface area contributed by atoms with Gasteiger partial charge in [0.05, 0.1) is 16.3 Å². The number of nitrogens with one attached hydrogen (secondary N) is 1. The van der Waals surface area contributed by atoms with Crippen LogP contribution in [-0.2, 0) is 10.0 Å². The maximum atomic E-state index is 11.2. The SMILES string of the molecule is CC(C)CCCC(C)Nc1ccc(S(N)(=O)=O)cc1N. The summed E-state index contributed by atoms with van der Waals surface area (Å²) in [5.74, 6) is 0.710. The Balaban J connectivity index is 2.65. The molecule has 1 unspecified atom stereocenters. The van der Waals surface area contributed by atoms with E-state index in [2.05, 4.69) is 26.1 Å². The number of rotatable bonds is 7. The van der Waals surface area contributed by atoms with Gasteiger partial charge in [0.15, 0.2) is 0 Å². The Morgan fingerprint density at radius 3 is 2.35 bits per heavy atom. The Kier molecular flexibility index (Phi) is 5.83. The van der Waals surface area contributed by atoms with Gasteiger partial charge in [-0.2, -0.15) is 0 Å². The number of anilines is 2. The number of nitrogens with two attached hydrogens (primary N) is 2. The quantitative estimate of drug-likeness (QED) is 0.674. The highest BCUT2D eigenvalue weighted by Crippen LogP contribution is 2.23. The maximum Gasteiger partial charge on any atom is 0.238 e. The largest absolute Gasteiger partial charge is 0.397 e. The van der Waals surface area contributed by atoms with Crippen molar-refractivity contribution in [3.63, 3.8) is 0 Å². The number of primary sulfonamides is 1. The molecule has 0 aliphatic rings. The number of nitrogen functional groups attached to an aromatic ring is 1. The monoisotopic (exact) mass is 299 g/mol. The normalized spacial score (nSPS) is 13.4. The molecule has 0 bridgehead atoms. The van der Waals surface area contributed by atoms with E-state index in [4.69, 9.17) is 10.9 Å². The number of hydrogen-bond donors (Lipinski definition) is 3. The van der Waals surface area contributed by atoms with E-state index < -0.39 is 10.0 Å². The standard InChI is InChI=1S/C14H25N3O2S/c1-10(2)5-4-6-11(3)17-14-8-7-12(9-13(14)15)20(16,18)19/h7-11,17H,4-6,15H2,1-3H3,(H2,16,18,19). The fourth-order valence-corrected chi connectivity index (χ4v) is 2.57. The second kappa shape index (κ2) is 6.95. The van der Waals surface area contributed by atoms with Crippen LogP contribution < -0.4 is 16.2 Å². The van der Waals surface area contributed by atoms with Crippen molar-refractivity contribution >= 4 is 21.4 Å². The molecule has 0 aliphatic heterocycles. The summed E-state index contributed by atoms with van der Waals surface area (Å²) in [6.45, 7) is 6.51. The molecule has 0 radical (unpaired) electrons. The van der Waals surface area contributed by atoms with Crippen LogP contribution in [0.4, 0.5) is 11.4 Å². The molecule has 0 amide bonds. The van der Waals surface area contributed by atoms with Gasteiger partial charge in [-0.3, -0.25) is 0 Å². The summed E-state index contributed by atoms with van der Waals surface area (Å²) in [7, 11) is -3.70. The van der Waals surface area contributed by atoms with Crippen molar-refractivity contribution in [1.82, 2.24) is 0 Å². The highest BCUT2D eigenvalue weighted by molar-refractivity contribution is 7.89. The highest BCUT2D eigenvalue weighted by atomic mass is 32.2. The summed E-state index contributed by atoms with van der Waals surface area (Å²) in [4.78, 5) is 0.0352. The van der Waals surface area contributed by atoms with E-state index in [9.17, 15) is 8.42 Å². The molecule has 1 aromatic carbocycles. The minimum atomic E-state index is -3.70. The van der Waals surface area contributed by atoms with Crippen LogP contribution in [0.2, 0.25) is 0 Å². The van der Waals surface area contributed by atoms with Crippen molar-refractivity contribution < 1.29 is 8.42 Å². The van der Waals surface area contributed by atoms with E-state index in [1.165, 1.54) is 18.6 Å². The molecule has 1 aromatic rings. The smallest absolute Gasteiger partial charge is 0.238 e. The van der Waals surface area contributed by atoms with Gasteiger partial charge in [0.1, 0.15) is 0 Å². The van der Waals surface area contributed by atoms with Crippen LogP contribution in [-0.4, -0.2) is 14.5 Å². The highest BCUT2D eigenvalue weighted by Gasteiger charge is 2.11. The Morgan fingerprint density at radius 2 is 1.85 bits per heavy atom. The summed E-state index contributed by atoms with van der Waals surface area (Å²) < 4.78 is 22.5. The van der Waals surface area contributed by atoms with Gasteiger partial charge in [-0.15, -0.1) is 0 Å². The van der Waals surface area contributed by atoms with Crippen molar-refractivity contribution in [2.75, 3.05) is 11.1 Å². The van der Waals surface area contributed by atoms with Gasteiger partial charge in [0, 0.05) is 6.04 Å². The van der Waals surface area contributed by atoms with Crippen LogP contribution in [0.25, 0.3) is 0 Å². The average molecular weight is 299 g/mol. The molecular weight excluding hydrogens is 274 g/mol. The predicted octanol–water partition coefficient (Wildman–Crippen LogP) is 2.54. The summed E-state index contributed by atoms with van der Waals surface area (Å²) in [5, 5.41) is 8.37. The summed E-state index contributed by atoms with van der Waals surface area (Å²) in [6, 6.07) is 4.80. The van der Waals surface area contributed by atoms with Crippen LogP contribution in [0.15, 0.2) is 23.1 Å². The Bertz CT molecular complexity index is 541. The molecule has 0 spiro atoms. The first-order valence-electron chi connectivity index (χ1n) is 6.89. The molecule has 0 fully saturated rings. The van der Waals surface area contributed by atoms with E-state index in [1.807, 2.05) is 0 Å². The van der Waals surface area contributed by atoms with Crippen LogP contribution in [0, 0.1) is 5.92 Å². The fraction of sp³-hybridized carbons (Fsp3) is 0.571. The molecule has 0 aromatic heterocycles. The summed E-state index contributed by atoms with van der Waals surface area (Å²) in [6.07, 6.45) is 3.40. The van der Waals surface area contributed by atoms with E-state index in [-0.39, 0.29) is 10.9 Å². The predicted molar refractivity (Wildman–Crippen MR) is 84.0 cm³/mol. The van der Waals surface area contributed by atoms with Gasteiger partial charge in [0.25, 0.3) is 0 Å². The van der Waals surface area contributed by atoms with E-state index in [0.29, 0.717) is 11.6 Å². The lowest BCUT2D eigenvalue weighted by Gasteiger charge is -2.17. The van der Waals surface area contributed by atoms with Crippen molar-refractivity contribution in [3.05, 3.63) is 18.2 Å². The first kappa shape index (κ1) is 16.8. The lowest BCUT2D eigenvalue weighted by atomic mass is 10.0. The van der Waals surface area contributed by atoms with Gasteiger partial charge < -0.3 is 11.1 Å². The molecule has 20 heavy (non-hydrogen) atoms. The molecule has 0 heterocycles. The minimum Gasteiger partial charge on any atom is -0.397 e. The van der Waals surface area contributed by atoms with Crippen LogP contribution >= 0.6 is 0 Å². The second-order valence-electron chi connectivity index (χ2n) is 5.66. The van der Waals surface area contributed by atoms with Gasteiger partial charge >= 0.3 is 0 Å². The molecule has 0 aliphatic carbocycles. The van der Waals surface area contributed by atoms with Crippen LogP contribution in [0.1, 0.15) is 40.0 Å². The molecule has 0 saturated carbocycles. The zero-order valence-corrected chi connectivity index (χ0v) is 13.2. The zero-order valence-electron chi connectivity index (χ0n) is 12.4. The summed E-state index contributed by atoms with van der Waals surface area (Å²) >= 11 is 0. The van der Waals surface area contributed by atoms with Crippen LogP contribution in [0.3, 0.4) is 0 Å². The number of benzene rings is 1. The molecule has 114 valence electrons. The van der Waals surface area contributed by atoms with Crippen molar-refractivity contribution in [2.24, 2.45) is 11.1 Å². The topological polar surface area (TPSA) is 98.2 Å². The molecule has 0 saturated heterocycles. The lowest BCUT2D eigenvalue weighted by molar-refractivity contribution is 0.520. The second-order valence-corrected chi connectivity index (χ2v) is 7.23. The first-order valence-corrected chi connectivity index (χ1v) is 8.43. The zero-order chi connectivity index (χ0) is 15.3. The van der Waals surface area contributed by atoms with Crippen molar-refractivity contribution in [2.45, 2.75) is 51.0 Å². The van der Waals surface area contributed by atoms with Gasteiger partial charge in [-0.1, -0.05) is 26.7 Å². The maximum absolute atomic E-state index is 11.2. The van der Waals surface area contributed by atoms with Gasteiger partial charge in [-0.05, 0) is 37.5 Å². The fourth-order valence-electron chi connectivity index (χ4n) is 2.02. The van der Waals surface area contributed by atoms with E-state index in [0.717, 1.165) is 18.5 Å². The molecule has 5 N–H and O–H groups in total. The van der Waals surface area contributed by atoms with Crippen molar-refractivity contribution in [3.8, 4) is 0 Å². The van der Waals surface area contributed by atoms with E-state index >= 15 is 0 Å². The molecular formula is C14H25N3O2S. The third kappa shape index (κ3) is 5.38. The average Bonchev–Trinajstić information content (AvgIpc) is 2.29. The Hall–Kier alpha value is -1.27.